The van der Waals surface area contributed by atoms with Crippen LogP contribution in [0, 0.1) is 0 Å². The Hall–Kier alpha value is -1.24. The summed E-state index contributed by atoms with van der Waals surface area (Å²) in [6, 6.07) is -0.937. The molecule has 0 aliphatic carbocycles. The van der Waals surface area contributed by atoms with Crippen LogP contribution in [0.3, 0.4) is 0 Å². The second-order valence-corrected chi connectivity index (χ2v) is 4.55. The predicted molar refractivity (Wildman–Crippen MR) is 60.5 cm³/mol. The first-order valence-corrected chi connectivity index (χ1v) is 5.97. The predicted octanol–water partition coefficient (Wildman–Crippen LogP) is 0.697. The number of nitrogens with zero attached hydrogens (tertiary/aromatic N) is 1. The van der Waals surface area contributed by atoms with Gasteiger partial charge < -0.3 is 10.4 Å². The first-order chi connectivity index (χ1) is 8.44. The van der Waals surface area contributed by atoms with Crippen LogP contribution >= 0.6 is 0 Å². The molecule has 1 heterocycles. The number of hydrogen-bond acceptors (Lipinski definition) is 3. The van der Waals surface area contributed by atoms with Gasteiger partial charge in [0.15, 0.2) is 0 Å². The Morgan fingerprint density at radius 1 is 1.56 bits per heavy atom. The zero-order chi connectivity index (χ0) is 13.6. The van der Waals surface area contributed by atoms with Gasteiger partial charge in [0.05, 0.1) is 6.54 Å². The van der Waals surface area contributed by atoms with Crippen molar-refractivity contribution >= 4 is 12.4 Å². The van der Waals surface area contributed by atoms with Gasteiger partial charge in [-0.2, -0.15) is 0 Å². The van der Waals surface area contributed by atoms with Gasteiger partial charge in [0.1, 0.15) is 6.04 Å². The molecule has 1 fully saturated rings. The maximum absolute atomic E-state index is 13.1. The van der Waals surface area contributed by atoms with Crippen molar-refractivity contribution in [3.63, 3.8) is 0 Å². The lowest BCUT2D eigenvalue weighted by Gasteiger charge is -2.32. The van der Waals surface area contributed by atoms with Gasteiger partial charge in [0, 0.05) is 6.42 Å². The minimum absolute atomic E-state index is 0.0754. The van der Waals surface area contributed by atoms with Gasteiger partial charge in [-0.25, -0.2) is 13.6 Å². The highest BCUT2D eigenvalue weighted by Crippen LogP contribution is 2.26. The molecule has 0 aromatic heterocycles. The number of piperidine rings is 1. The standard InChI is InChI=1S/C11H18F2N2O3/c12-11(13)4-2-6-15(7-11)5-1-3-9(10(17)18)14-8-16/h8-9H,1-7H2,(H,14,16)(H,17,18). The summed E-state index contributed by atoms with van der Waals surface area (Å²) in [5.41, 5.74) is 0. The van der Waals surface area contributed by atoms with Crippen LogP contribution in [0.25, 0.3) is 0 Å². The Labute approximate surface area is 104 Å². The summed E-state index contributed by atoms with van der Waals surface area (Å²) in [6.45, 7) is 0.792. The summed E-state index contributed by atoms with van der Waals surface area (Å²) < 4.78 is 26.2. The highest BCUT2D eigenvalue weighted by molar-refractivity contribution is 5.76. The number of rotatable bonds is 7. The molecule has 1 atom stereocenters. The number of nitrogens with one attached hydrogen (secondary N) is 1. The largest absolute Gasteiger partial charge is 0.480 e. The summed E-state index contributed by atoms with van der Waals surface area (Å²) >= 11 is 0. The molecule has 5 nitrogen and oxygen atoms in total. The fourth-order valence-electron chi connectivity index (χ4n) is 2.12. The van der Waals surface area contributed by atoms with Crippen LogP contribution < -0.4 is 5.32 Å². The molecule has 0 saturated carbocycles. The van der Waals surface area contributed by atoms with Gasteiger partial charge in [-0.3, -0.25) is 9.69 Å². The molecule has 2 N–H and O–H groups in total. The Kier molecular flexibility index (Phi) is 5.46. The van der Waals surface area contributed by atoms with Gasteiger partial charge in [-0.1, -0.05) is 0 Å². The van der Waals surface area contributed by atoms with Crippen molar-refractivity contribution in [2.24, 2.45) is 0 Å². The van der Waals surface area contributed by atoms with Gasteiger partial charge in [0.2, 0.25) is 6.41 Å². The number of carbonyl (C=O) groups excluding carboxylic acids is 1. The van der Waals surface area contributed by atoms with Crippen molar-refractivity contribution in [2.75, 3.05) is 19.6 Å². The zero-order valence-corrected chi connectivity index (χ0v) is 10.1. The lowest BCUT2D eigenvalue weighted by atomic mass is 10.1. The third kappa shape index (κ3) is 4.95. The second kappa shape index (κ2) is 6.63. The number of carbonyl (C=O) groups is 2. The van der Waals surface area contributed by atoms with Crippen molar-refractivity contribution < 1.29 is 23.5 Å². The number of aliphatic carboxylic acids is 1. The van der Waals surface area contributed by atoms with E-state index in [1.807, 2.05) is 0 Å². The van der Waals surface area contributed by atoms with Crippen LogP contribution in [-0.4, -0.2) is 54.0 Å². The zero-order valence-electron chi connectivity index (χ0n) is 10.1. The van der Waals surface area contributed by atoms with Crippen molar-refractivity contribution in [3.8, 4) is 0 Å². The first-order valence-electron chi connectivity index (χ1n) is 5.97. The van der Waals surface area contributed by atoms with Crippen LogP contribution in [0.2, 0.25) is 0 Å². The lowest BCUT2D eigenvalue weighted by Crippen LogP contribution is -2.43. The minimum atomic E-state index is -2.63. The van der Waals surface area contributed by atoms with Gasteiger partial charge >= 0.3 is 5.97 Å². The molecular weight excluding hydrogens is 246 g/mol. The van der Waals surface area contributed by atoms with E-state index in [2.05, 4.69) is 5.32 Å². The number of alkyl halides is 2. The monoisotopic (exact) mass is 264 g/mol. The molecule has 1 unspecified atom stereocenters. The van der Waals surface area contributed by atoms with Crippen molar-refractivity contribution in [3.05, 3.63) is 0 Å². The molecule has 18 heavy (non-hydrogen) atoms. The van der Waals surface area contributed by atoms with E-state index < -0.39 is 17.9 Å². The average molecular weight is 264 g/mol. The molecule has 0 aromatic rings. The van der Waals surface area contributed by atoms with Crippen molar-refractivity contribution in [1.82, 2.24) is 10.2 Å². The normalized spacial score (nSPS) is 21.2. The smallest absolute Gasteiger partial charge is 0.326 e. The Morgan fingerprint density at radius 3 is 2.83 bits per heavy atom. The molecule has 0 spiro atoms. The van der Waals surface area contributed by atoms with Crippen LogP contribution in [0.1, 0.15) is 25.7 Å². The highest BCUT2D eigenvalue weighted by atomic mass is 19.3. The van der Waals surface area contributed by atoms with E-state index >= 15 is 0 Å². The number of likely N-dealkylation sites (tertiary alicyclic amines) is 1. The topological polar surface area (TPSA) is 69.6 Å². The number of carboxylic acid groups (broad SMARTS) is 1. The summed E-state index contributed by atoms with van der Waals surface area (Å²) in [5, 5.41) is 11.0. The van der Waals surface area contributed by atoms with E-state index in [4.69, 9.17) is 5.11 Å². The van der Waals surface area contributed by atoms with Gasteiger partial charge in [-0.05, 0) is 32.4 Å². The van der Waals surface area contributed by atoms with E-state index in [1.54, 1.807) is 4.90 Å². The van der Waals surface area contributed by atoms with E-state index in [1.165, 1.54) is 0 Å². The van der Waals surface area contributed by atoms with E-state index in [0.29, 0.717) is 32.3 Å². The summed E-state index contributed by atoms with van der Waals surface area (Å²) in [6.07, 6.45) is 1.44. The molecule has 1 rings (SSSR count). The lowest BCUT2D eigenvalue weighted by molar-refractivity contribution is -0.140. The maximum atomic E-state index is 13.1. The molecular formula is C11H18F2N2O3. The summed E-state index contributed by atoms with van der Waals surface area (Å²) in [4.78, 5) is 22.5. The third-order valence-electron chi connectivity index (χ3n) is 3.01. The molecule has 7 heteroatoms. The Bertz CT molecular complexity index is 300. The fourth-order valence-corrected chi connectivity index (χ4v) is 2.12. The van der Waals surface area contributed by atoms with Crippen LogP contribution in [-0.2, 0) is 9.59 Å². The van der Waals surface area contributed by atoms with E-state index in [0.717, 1.165) is 0 Å². The molecule has 1 aliphatic rings. The quantitative estimate of drug-likeness (QED) is 0.664. The van der Waals surface area contributed by atoms with Gasteiger partial charge in [-0.15, -0.1) is 0 Å². The summed E-state index contributed by atoms with van der Waals surface area (Å²) in [7, 11) is 0. The van der Waals surface area contributed by atoms with Crippen LogP contribution in [0.15, 0.2) is 0 Å². The molecule has 1 saturated heterocycles. The Balaban J connectivity index is 2.27. The van der Waals surface area contributed by atoms with E-state index in [-0.39, 0.29) is 19.4 Å². The molecule has 0 aromatic carbocycles. The number of halogens is 2. The average Bonchev–Trinajstić information content (AvgIpc) is 2.26. The molecule has 1 amide bonds. The molecule has 0 bridgehead atoms. The molecule has 104 valence electrons. The summed E-state index contributed by atoms with van der Waals surface area (Å²) in [5.74, 6) is -3.74. The number of carboxylic acids is 1. The molecule has 1 aliphatic heterocycles. The van der Waals surface area contributed by atoms with Crippen LogP contribution in [0.5, 0.6) is 0 Å². The maximum Gasteiger partial charge on any atom is 0.326 e. The van der Waals surface area contributed by atoms with Gasteiger partial charge in [0.25, 0.3) is 5.92 Å². The van der Waals surface area contributed by atoms with Crippen LogP contribution in [0.4, 0.5) is 8.78 Å². The second-order valence-electron chi connectivity index (χ2n) is 4.55. The third-order valence-corrected chi connectivity index (χ3v) is 3.01. The Morgan fingerprint density at radius 2 is 2.28 bits per heavy atom. The van der Waals surface area contributed by atoms with Crippen molar-refractivity contribution in [1.29, 1.82) is 0 Å². The van der Waals surface area contributed by atoms with Crippen molar-refractivity contribution in [2.45, 2.75) is 37.6 Å². The highest BCUT2D eigenvalue weighted by Gasteiger charge is 2.34. The van der Waals surface area contributed by atoms with E-state index in [9.17, 15) is 18.4 Å². The first kappa shape index (κ1) is 14.8. The number of amides is 1. The SMILES string of the molecule is O=CNC(CCCN1CCCC(F)(F)C1)C(=O)O. The fraction of sp³-hybridized carbons (Fsp3) is 0.818. The minimum Gasteiger partial charge on any atom is -0.480 e. The molecule has 0 radical (unpaired) electrons. The number of hydrogen-bond donors (Lipinski definition) is 2.